The molecule has 2 rings (SSSR count). The lowest BCUT2D eigenvalue weighted by molar-refractivity contribution is 0.321. The Balaban J connectivity index is 2.63. The van der Waals surface area contributed by atoms with Crippen molar-refractivity contribution in [3.05, 3.63) is 52.4 Å². The smallest absolute Gasteiger partial charge is 0.148 e. The number of allylic oxidation sites excluding steroid dienone is 2. The summed E-state index contributed by atoms with van der Waals surface area (Å²) in [6.07, 6.45) is 1.80. The molecule has 0 bridgehead atoms. The summed E-state index contributed by atoms with van der Waals surface area (Å²) in [7, 11) is 0. The summed E-state index contributed by atoms with van der Waals surface area (Å²) < 4.78 is 0. The lowest BCUT2D eigenvalue weighted by Gasteiger charge is -2.06. The Morgan fingerprint density at radius 2 is 2.18 bits per heavy atom. The molecule has 0 amide bonds. The van der Waals surface area contributed by atoms with Crippen LogP contribution < -0.4 is 0 Å². The van der Waals surface area contributed by atoms with Gasteiger partial charge in [-0.15, -0.1) is 0 Å². The van der Waals surface area contributed by atoms with Crippen molar-refractivity contribution < 1.29 is 5.21 Å². The number of hydrogen-bond donors (Lipinski definition) is 1. The largest absolute Gasteiger partial charge is 0.410 e. The number of thioether (sulfide) groups is 1. The second kappa shape index (κ2) is 4.89. The highest BCUT2D eigenvalue weighted by Crippen LogP contribution is 2.31. The van der Waals surface area contributed by atoms with Crippen molar-refractivity contribution >= 4 is 22.4 Å². The standard InChI is InChI=1S/C13H10N2OS/c1-9-4-2-3-5-10(9)12(8-14)11-6-7-17-13(11)15-16/h2-7,16H,1H3/b12-11+,15-13-. The maximum Gasteiger partial charge on any atom is 0.148 e. The van der Waals surface area contributed by atoms with Gasteiger partial charge in [-0.1, -0.05) is 41.2 Å². The minimum Gasteiger partial charge on any atom is -0.410 e. The van der Waals surface area contributed by atoms with E-state index in [0.29, 0.717) is 16.2 Å². The van der Waals surface area contributed by atoms with Gasteiger partial charge in [0.25, 0.3) is 0 Å². The number of nitriles is 1. The lowest BCUT2D eigenvalue weighted by Crippen LogP contribution is -1.96. The van der Waals surface area contributed by atoms with Crippen LogP contribution in [0.25, 0.3) is 5.57 Å². The van der Waals surface area contributed by atoms with E-state index in [1.807, 2.05) is 31.2 Å². The van der Waals surface area contributed by atoms with Gasteiger partial charge in [-0.05, 0) is 29.5 Å². The van der Waals surface area contributed by atoms with Crippen molar-refractivity contribution in [2.75, 3.05) is 0 Å². The van der Waals surface area contributed by atoms with Crippen LogP contribution in [-0.4, -0.2) is 10.3 Å². The number of oxime groups is 1. The van der Waals surface area contributed by atoms with Crippen LogP contribution in [0.2, 0.25) is 0 Å². The third-order valence-electron chi connectivity index (χ3n) is 2.53. The highest BCUT2D eigenvalue weighted by atomic mass is 32.2. The molecule has 0 spiro atoms. The molecule has 0 atom stereocenters. The van der Waals surface area contributed by atoms with Crippen LogP contribution in [0, 0.1) is 18.3 Å². The number of nitrogens with zero attached hydrogens (tertiary/aromatic N) is 2. The van der Waals surface area contributed by atoms with Crippen LogP contribution >= 0.6 is 11.8 Å². The van der Waals surface area contributed by atoms with Crippen molar-refractivity contribution in [3.63, 3.8) is 0 Å². The van der Waals surface area contributed by atoms with Gasteiger partial charge in [-0.25, -0.2) is 0 Å². The van der Waals surface area contributed by atoms with Crippen LogP contribution in [0.4, 0.5) is 0 Å². The Bertz CT molecular complexity index is 579. The molecule has 0 saturated carbocycles. The summed E-state index contributed by atoms with van der Waals surface area (Å²) in [6, 6.07) is 9.86. The first-order valence-electron chi connectivity index (χ1n) is 5.04. The van der Waals surface area contributed by atoms with Crippen molar-refractivity contribution in [3.8, 4) is 6.07 Å². The quantitative estimate of drug-likeness (QED) is 0.467. The molecule has 3 nitrogen and oxygen atoms in total. The Labute approximate surface area is 104 Å². The van der Waals surface area contributed by atoms with Gasteiger partial charge in [-0.2, -0.15) is 5.26 Å². The molecule has 17 heavy (non-hydrogen) atoms. The molecule has 1 aromatic carbocycles. The third kappa shape index (κ3) is 2.10. The monoisotopic (exact) mass is 242 g/mol. The number of hydrogen-bond acceptors (Lipinski definition) is 4. The molecule has 1 heterocycles. The van der Waals surface area contributed by atoms with E-state index in [4.69, 9.17) is 5.21 Å². The van der Waals surface area contributed by atoms with Gasteiger partial charge >= 0.3 is 0 Å². The molecular formula is C13H10N2OS. The van der Waals surface area contributed by atoms with E-state index in [0.717, 1.165) is 11.1 Å². The summed E-state index contributed by atoms with van der Waals surface area (Å²) in [6.45, 7) is 1.95. The summed E-state index contributed by atoms with van der Waals surface area (Å²) in [4.78, 5) is 0. The van der Waals surface area contributed by atoms with Crippen molar-refractivity contribution in [1.82, 2.24) is 0 Å². The van der Waals surface area contributed by atoms with Gasteiger partial charge < -0.3 is 5.21 Å². The molecule has 0 saturated heterocycles. The Kier molecular flexibility index (Phi) is 3.31. The average molecular weight is 242 g/mol. The summed E-state index contributed by atoms with van der Waals surface area (Å²) in [5, 5.41) is 23.6. The molecule has 0 fully saturated rings. The van der Waals surface area contributed by atoms with E-state index in [-0.39, 0.29) is 0 Å². The van der Waals surface area contributed by atoms with Crippen LogP contribution in [0.3, 0.4) is 0 Å². The zero-order chi connectivity index (χ0) is 12.3. The Hall–Kier alpha value is -1.99. The molecule has 1 aliphatic rings. The van der Waals surface area contributed by atoms with Gasteiger partial charge in [0.15, 0.2) is 0 Å². The lowest BCUT2D eigenvalue weighted by atomic mass is 9.97. The predicted octanol–water partition coefficient (Wildman–Crippen LogP) is 3.32. The fourth-order valence-corrected chi connectivity index (χ4v) is 2.37. The first kappa shape index (κ1) is 11.5. The van der Waals surface area contributed by atoms with Gasteiger partial charge in [0.05, 0.1) is 5.57 Å². The Morgan fingerprint density at radius 1 is 1.41 bits per heavy atom. The van der Waals surface area contributed by atoms with Crippen molar-refractivity contribution in [2.24, 2.45) is 5.16 Å². The first-order valence-corrected chi connectivity index (χ1v) is 5.92. The molecular weight excluding hydrogens is 232 g/mol. The predicted molar refractivity (Wildman–Crippen MR) is 69.7 cm³/mol. The second-order valence-electron chi connectivity index (χ2n) is 3.54. The summed E-state index contributed by atoms with van der Waals surface area (Å²) in [5.74, 6) is 0. The minimum absolute atomic E-state index is 0.463. The Morgan fingerprint density at radius 3 is 2.82 bits per heavy atom. The normalized spacial score (nSPS) is 19.4. The van der Waals surface area contributed by atoms with E-state index in [2.05, 4.69) is 11.2 Å². The van der Waals surface area contributed by atoms with E-state index >= 15 is 0 Å². The van der Waals surface area contributed by atoms with E-state index in [1.54, 1.807) is 11.5 Å². The highest BCUT2D eigenvalue weighted by Gasteiger charge is 2.18. The summed E-state index contributed by atoms with van der Waals surface area (Å²) in [5.41, 5.74) is 3.11. The second-order valence-corrected chi connectivity index (χ2v) is 4.44. The van der Waals surface area contributed by atoms with Gasteiger partial charge in [0.1, 0.15) is 11.1 Å². The van der Waals surface area contributed by atoms with Crippen LogP contribution in [0.5, 0.6) is 0 Å². The molecule has 1 N–H and O–H groups in total. The van der Waals surface area contributed by atoms with Crippen molar-refractivity contribution in [2.45, 2.75) is 6.92 Å². The van der Waals surface area contributed by atoms with Crippen LogP contribution in [0.15, 0.2) is 46.5 Å². The van der Waals surface area contributed by atoms with Gasteiger partial charge in [-0.3, -0.25) is 0 Å². The molecule has 1 aromatic rings. The molecule has 0 unspecified atom stereocenters. The van der Waals surface area contributed by atoms with Crippen molar-refractivity contribution in [1.29, 1.82) is 5.26 Å². The van der Waals surface area contributed by atoms with E-state index in [1.165, 1.54) is 11.8 Å². The molecule has 84 valence electrons. The van der Waals surface area contributed by atoms with E-state index in [9.17, 15) is 5.26 Å². The van der Waals surface area contributed by atoms with E-state index < -0.39 is 0 Å². The zero-order valence-corrected chi connectivity index (χ0v) is 10.0. The number of rotatable bonds is 1. The molecule has 1 aliphatic heterocycles. The number of aryl methyl sites for hydroxylation is 1. The van der Waals surface area contributed by atoms with Gasteiger partial charge in [0, 0.05) is 5.57 Å². The summed E-state index contributed by atoms with van der Waals surface area (Å²) >= 11 is 1.31. The average Bonchev–Trinajstić information content (AvgIpc) is 2.81. The fourth-order valence-electron chi connectivity index (χ4n) is 1.69. The zero-order valence-electron chi connectivity index (χ0n) is 9.21. The molecule has 0 aliphatic carbocycles. The maximum absolute atomic E-state index is 9.29. The van der Waals surface area contributed by atoms with Crippen LogP contribution in [-0.2, 0) is 0 Å². The maximum atomic E-state index is 9.29. The first-order chi connectivity index (χ1) is 8.27. The third-order valence-corrected chi connectivity index (χ3v) is 3.33. The van der Waals surface area contributed by atoms with Crippen LogP contribution in [0.1, 0.15) is 11.1 Å². The fraction of sp³-hybridized carbons (Fsp3) is 0.0769. The molecule has 0 radical (unpaired) electrons. The van der Waals surface area contributed by atoms with Gasteiger partial charge in [0.2, 0.25) is 0 Å². The molecule has 4 heteroatoms. The highest BCUT2D eigenvalue weighted by molar-refractivity contribution is 8.17. The number of benzene rings is 1. The minimum atomic E-state index is 0.463. The topological polar surface area (TPSA) is 56.4 Å². The molecule has 0 aromatic heterocycles. The SMILES string of the molecule is Cc1ccccc1/C(C#N)=C1\C=CS\C1=N/O.